The van der Waals surface area contributed by atoms with Gasteiger partial charge in [0.1, 0.15) is 4.90 Å². The highest BCUT2D eigenvalue weighted by Gasteiger charge is 2.34. The molecule has 2 aromatic rings. The van der Waals surface area contributed by atoms with E-state index < -0.39 is 20.9 Å². The number of rotatable bonds is 5. The molecule has 1 fully saturated rings. The first-order valence-electron chi connectivity index (χ1n) is 8.79. The van der Waals surface area contributed by atoms with E-state index in [1.807, 2.05) is 0 Å². The van der Waals surface area contributed by atoms with Gasteiger partial charge in [0.05, 0.1) is 9.95 Å². The van der Waals surface area contributed by atoms with Crippen LogP contribution in [-0.2, 0) is 14.8 Å². The topological polar surface area (TPSA) is 110 Å². The molecule has 1 aliphatic rings. The van der Waals surface area contributed by atoms with Gasteiger partial charge in [0, 0.05) is 46.9 Å². The third kappa shape index (κ3) is 5.04. The maximum absolute atomic E-state index is 12.9. The number of halogens is 3. The number of carbonyl (C=O) groups is 1. The standard InChI is InChI=1S/C18H16Cl3N3O5S/c19-12-7-13(20)9-14(8-12)22-18(25)11-3-5-23(6-4-11)30(28,29)17-10-15(24(26)27)1-2-16(17)21/h1-2,7-11H,3-6H2,(H,22,25). The van der Waals surface area contributed by atoms with E-state index in [-0.39, 0.29) is 47.4 Å². The van der Waals surface area contributed by atoms with Gasteiger partial charge >= 0.3 is 0 Å². The van der Waals surface area contributed by atoms with E-state index in [0.29, 0.717) is 15.7 Å². The number of nitrogens with one attached hydrogen (secondary N) is 1. The second kappa shape index (κ2) is 9.07. The lowest BCUT2D eigenvalue weighted by Gasteiger charge is -2.30. The third-order valence-electron chi connectivity index (χ3n) is 4.70. The van der Waals surface area contributed by atoms with Gasteiger partial charge < -0.3 is 5.32 Å². The molecular weight excluding hydrogens is 477 g/mol. The molecule has 0 saturated carbocycles. The number of nitrogens with zero attached hydrogens (tertiary/aromatic N) is 2. The van der Waals surface area contributed by atoms with E-state index >= 15 is 0 Å². The Hall–Kier alpha value is -1.91. The summed E-state index contributed by atoms with van der Waals surface area (Å²) in [7, 11) is -4.04. The fraction of sp³-hybridized carbons (Fsp3) is 0.278. The molecule has 0 radical (unpaired) electrons. The van der Waals surface area contributed by atoms with Crippen molar-refractivity contribution in [2.45, 2.75) is 17.7 Å². The Morgan fingerprint density at radius 2 is 1.67 bits per heavy atom. The van der Waals surface area contributed by atoms with Crippen molar-refractivity contribution in [3.8, 4) is 0 Å². The molecule has 0 bridgehead atoms. The van der Waals surface area contributed by atoms with Crippen molar-refractivity contribution >= 4 is 62.1 Å². The normalized spacial score (nSPS) is 15.7. The Labute approximate surface area is 187 Å². The van der Waals surface area contributed by atoms with Crippen LogP contribution in [0.5, 0.6) is 0 Å². The van der Waals surface area contributed by atoms with Crippen molar-refractivity contribution in [2.75, 3.05) is 18.4 Å². The van der Waals surface area contributed by atoms with Gasteiger partial charge in [-0.05, 0) is 37.1 Å². The maximum atomic E-state index is 12.9. The molecular formula is C18H16Cl3N3O5S. The molecule has 0 unspecified atom stereocenters. The Balaban J connectivity index is 1.69. The number of carbonyl (C=O) groups excluding carboxylic acids is 1. The number of piperidine rings is 1. The highest BCUT2D eigenvalue weighted by Crippen LogP contribution is 2.31. The third-order valence-corrected chi connectivity index (χ3v) is 7.51. The molecule has 1 aliphatic heterocycles. The second-order valence-electron chi connectivity index (χ2n) is 6.70. The smallest absolute Gasteiger partial charge is 0.270 e. The second-order valence-corrected chi connectivity index (χ2v) is 9.88. The lowest BCUT2D eigenvalue weighted by molar-refractivity contribution is -0.385. The van der Waals surface area contributed by atoms with Crippen LogP contribution in [0.1, 0.15) is 12.8 Å². The van der Waals surface area contributed by atoms with E-state index in [1.165, 1.54) is 10.4 Å². The van der Waals surface area contributed by atoms with Gasteiger partial charge in [-0.3, -0.25) is 14.9 Å². The summed E-state index contributed by atoms with van der Waals surface area (Å²) in [5.41, 5.74) is 0.0864. The first-order chi connectivity index (χ1) is 14.1. The minimum Gasteiger partial charge on any atom is -0.326 e. The predicted octanol–water partition coefficient (Wildman–Crippen LogP) is 4.59. The predicted molar refractivity (Wildman–Crippen MR) is 115 cm³/mol. The monoisotopic (exact) mass is 491 g/mol. The SMILES string of the molecule is O=C(Nc1cc(Cl)cc(Cl)c1)C1CCN(S(=O)(=O)c2cc([N+](=O)[O-])ccc2Cl)CC1. The largest absolute Gasteiger partial charge is 0.326 e. The molecule has 0 aliphatic carbocycles. The van der Waals surface area contributed by atoms with Gasteiger partial charge in [-0.2, -0.15) is 4.31 Å². The molecule has 160 valence electrons. The Morgan fingerprint density at radius 3 is 2.23 bits per heavy atom. The summed E-state index contributed by atoms with van der Waals surface area (Å²) in [6.07, 6.45) is 0.567. The Morgan fingerprint density at radius 1 is 1.07 bits per heavy atom. The van der Waals surface area contributed by atoms with Crippen LogP contribution in [-0.4, -0.2) is 36.6 Å². The average molecular weight is 493 g/mol. The molecule has 2 aromatic carbocycles. The zero-order valence-corrected chi connectivity index (χ0v) is 18.4. The van der Waals surface area contributed by atoms with Gasteiger partial charge in [0.25, 0.3) is 5.69 Å². The van der Waals surface area contributed by atoms with Crippen molar-refractivity contribution in [3.05, 3.63) is 61.6 Å². The summed E-state index contributed by atoms with van der Waals surface area (Å²) in [5.74, 6) is -0.673. The summed E-state index contributed by atoms with van der Waals surface area (Å²) in [6.45, 7) is 0.158. The first-order valence-corrected chi connectivity index (χ1v) is 11.4. The van der Waals surface area contributed by atoms with Gasteiger partial charge in [0.2, 0.25) is 15.9 Å². The molecule has 30 heavy (non-hydrogen) atoms. The van der Waals surface area contributed by atoms with Crippen LogP contribution >= 0.6 is 34.8 Å². The van der Waals surface area contributed by atoms with Crippen molar-refractivity contribution in [3.63, 3.8) is 0 Å². The number of non-ortho nitro benzene ring substituents is 1. The van der Waals surface area contributed by atoms with Crippen LogP contribution in [0.25, 0.3) is 0 Å². The lowest BCUT2D eigenvalue weighted by atomic mass is 9.97. The van der Waals surface area contributed by atoms with Crippen LogP contribution in [0.2, 0.25) is 15.1 Å². The Bertz CT molecular complexity index is 1080. The average Bonchev–Trinajstić information content (AvgIpc) is 2.67. The number of benzene rings is 2. The van der Waals surface area contributed by atoms with Gasteiger partial charge in [-0.15, -0.1) is 0 Å². The molecule has 1 amide bonds. The molecule has 1 N–H and O–H groups in total. The highest BCUT2D eigenvalue weighted by molar-refractivity contribution is 7.89. The van der Waals surface area contributed by atoms with E-state index in [9.17, 15) is 23.3 Å². The van der Waals surface area contributed by atoms with Crippen molar-refractivity contribution < 1.29 is 18.1 Å². The summed E-state index contributed by atoms with van der Waals surface area (Å²) >= 11 is 17.8. The molecule has 8 nitrogen and oxygen atoms in total. The molecule has 1 saturated heterocycles. The van der Waals surface area contributed by atoms with Crippen molar-refractivity contribution in [1.82, 2.24) is 4.31 Å². The van der Waals surface area contributed by atoms with Crippen molar-refractivity contribution in [2.24, 2.45) is 5.92 Å². The summed E-state index contributed by atoms with van der Waals surface area (Å²) in [5, 5.41) is 14.4. The maximum Gasteiger partial charge on any atom is 0.270 e. The van der Waals surface area contributed by atoms with Crippen LogP contribution in [0.15, 0.2) is 41.3 Å². The highest BCUT2D eigenvalue weighted by atomic mass is 35.5. The molecule has 1 heterocycles. The van der Waals surface area contributed by atoms with E-state index in [4.69, 9.17) is 34.8 Å². The van der Waals surface area contributed by atoms with Crippen LogP contribution in [0.4, 0.5) is 11.4 Å². The fourth-order valence-corrected chi connectivity index (χ4v) is 5.66. The zero-order chi connectivity index (χ0) is 22.1. The van der Waals surface area contributed by atoms with E-state index in [2.05, 4.69) is 5.32 Å². The van der Waals surface area contributed by atoms with Gasteiger partial charge in [0.15, 0.2) is 0 Å². The number of anilines is 1. The van der Waals surface area contributed by atoms with E-state index in [0.717, 1.165) is 12.1 Å². The van der Waals surface area contributed by atoms with Crippen LogP contribution < -0.4 is 5.32 Å². The molecule has 0 aromatic heterocycles. The first kappa shape index (κ1) is 22.8. The molecule has 3 rings (SSSR count). The number of sulfonamides is 1. The van der Waals surface area contributed by atoms with Crippen molar-refractivity contribution in [1.29, 1.82) is 0 Å². The number of hydrogen-bond acceptors (Lipinski definition) is 5. The number of hydrogen-bond donors (Lipinski definition) is 1. The lowest BCUT2D eigenvalue weighted by Crippen LogP contribution is -2.41. The van der Waals surface area contributed by atoms with Crippen LogP contribution in [0.3, 0.4) is 0 Å². The number of nitro benzene ring substituents is 1. The number of nitro groups is 1. The summed E-state index contributed by atoms with van der Waals surface area (Å²) < 4.78 is 27.0. The number of amides is 1. The summed E-state index contributed by atoms with van der Waals surface area (Å²) in [4.78, 5) is 22.5. The van der Waals surface area contributed by atoms with Gasteiger partial charge in [-0.1, -0.05) is 34.8 Å². The quantitative estimate of drug-likeness (QED) is 0.485. The summed E-state index contributed by atoms with van der Waals surface area (Å²) in [6, 6.07) is 7.94. The minimum atomic E-state index is -4.04. The fourth-order valence-electron chi connectivity index (χ4n) is 3.17. The van der Waals surface area contributed by atoms with Crippen LogP contribution in [0, 0.1) is 16.0 Å². The van der Waals surface area contributed by atoms with Gasteiger partial charge in [-0.25, -0.2) is 8.42 Å². The van der Waals surface area contributed by atoms with E-state index in [1.54, 1.807) is 18.2 Å². The molecule has 0 atom stereocenters. The minimum absolute atomic E-state index is 0.0791. The Kier molecular flexibility index (Phi) is 6.88. The zero-order valence-electron chi connectivity index (χ0n) is 15.3. The molecule has 0 spiro atoms. The molecule has 12 heteroatoms.